The SMILES string of the molecule is CC(Nc1nccc(C(=O)O)n1)c1cccs1. The molecule has 0 bridgehead atoms. The lowest BCUT2D eigenvalue weighted by molar-refractivity contribution is 0.0690. The Kier molecular flexibility index (Phi) is 3.34. The van der Waals surface area contributed by atoms with Gasteiger partial charge in [-0.3, -0.25) is 0 Å². The smallest absolute Gasteiger partial charge is 0.354 e. The van der Waals surface area contributed by atoms with Gasteiger partial charge in [0.2, 0.25) is 5.95 Å². The molecule has 1 atom stereocenters. The Balaban J connectivity index is 2.13. The normalized spacial score (nSPS) is 12.1. The van der Waals surface area contributed by atoms with E-state index in [4.69, 9.17) is 5.11 Å². The summed E-state index contributed by atoms with van der Waals surface area (Å²) < 4.78 is 0. The van der Waals surface area contributed by atoms with Crippen LogP contribution in [0.2, 0.25) is 0 Å². The monoisotopic (exact) mass is 249 g/mol. The van der Waals surface area contributed by atoms with E-state index in [1.54, 1.807) is 11.3 Å². The maximum atomic E-state index is 10.8. The van der Waals surface area contributed by atoms with E-state index in [-0.39, 0.29) is 11.7 Å². The van der Waals surface area contributed by atoms with Gasteiger partial charge in [-0.25, -0.2) is 14.8 Å². The first-order chi connectivity index (χ1) is 8.16. The van der Waals surface area contributed by atoms with Crippen molar-refractivity contribution in [1.29, 1.82) is 0 Å². The average Bonchev–Trinajstić information content (AvgIpc) is 2.82. The van der Waals surface area contributed by atoms with Crippen molar-refractivity contribution in [3.8, 4) is 0 Å². The molecule has 0 fully saturated rings. The number of rotatable bonds is 4. The molecule has 0 spiro atoms. The van der Waals surface area contributed by atoms with Gasteiger partial charge in [-0.15, -0.1) is 11.3 Å². The number of carboxylic acid groups (broad SMARTS) is 1. The van der Waals surface area contributed by atoms with E-state index in [0.717, 1.165) is 4.88 Å². The first-order valence-electron chi connectivity index (χ1n) is 5.03. The van der Waals surface area contributed by atoms with E-state index < -0.39 is 5.97 Å². The lowest BCUT2D eigenvalue weighted by Gasteiger charge is -2.11. The van der Waals surface area contributed by atoms with Crippen LogP contribution < -0.4 is 5.32 Å². The van der Waals surface area contributed by atoms with E-state index in [9.17, 15) is 4.79 Å². The highest BCUT2D eigenvalue weighted by molar-refractivity contribution is 7.10. The van der Waals surface area contributed by atoms with Crippen molar-refractivity contribution in [3.63, 3.8) is 0 Å². The maximum absolute atomic E-state index is 10.8. The van der Waals surface area contributed by atoms with Gasteiger partial charge in [0, 0.05) is 11.1 Å². The number of aromatic carboxylic acids is 1. The summed E-state index contributed by atoms with van der Waals surface area (Å²) in [5.41, 5.74) is -0.0131. The van der Waals surface area contributed by atoms with Crippen molar-refractivity contribution in [3.05, 3.63) is 40.3 Å². The van der Waals surface area contributed by atoms with E-state index in [1.165, 1.54) is 12.3 Å². The van der Waals surface area contributed by atoms with Crippen molar-refractivity contribution in [2.45, 2.75) is 13.0 Å². The molecule has 2 aromatic rings. The molecule has 0 saturated carbocycles. The third kappa shape index (κ3) is 2.79. The standard InChI is InChI=1S/C11H11N3O2S/c1-7(9-3-2-6-17-9)13-11-12-5-4-8(14-11)10(15)16/h2-7H,1H3,(H,15,16)(H,12,13,14). The van der Waals surface area contributed by atoms with Crippen LogP contribution in [0.15, 0.2) is 29.8 Å². The van der Waals surface area contributed by atoms with Crippen molar-refractivity contribution < 1.29 is 9.90 Å². The fourth-order valence-corrected chi connectivity index (χ4v) is 2.08. The molecule has 0 aromatic carbocycles. The molecule has 0 amide bonds. The number of nitrogens with zero attached hydrogens (tertiary/aromatic N) is 2. The molecule has 1 unspecified atom stereocenters. The minimum absolute atomic E-state index is 0.0131. The third-order valence-corrected chi connectivity index (χ3v) is 3.25. The van der Waals surface area contributed by atoms with Gasteiger partial charge in [-0.05, 0) is 24.4 Å². The van der Waals surface area contributed by atoms with Crippen LogP contribution in [0.3, 0.4) is 0 Å². The Morgan fingerprint density at radius 1 is 1.53 bits per heavy atom. The second kappa shape index (κ2) is 4.92. The molecule has 6 heteroatoms. The Morgan fingerprint density at radius 3 is 3.00 bits per heavy atom. The number of nitrogens with one attached hydrogen (secondary N) is 1. The van der Waals surface area contributed by atoms with Crippen LogP contribution in [0.5, 0.6) is 0 Å². The molecule has 17 heavy (non-hydrogen) atoms. The summed E-state index contributed by atoms with van der Waals surface area (Å²) in [6.45, 7) is 1.97. The summed E-state index contributed by atoms with van der Waals surface area (Å²) in [5.74, 6) is -0.731. The highest BCUT2D eigenvalue weighted by Crippen LogP contribution is 2.21. The Hall–Kier alpha value is -1.95. The highest BCUT2D eigenvalue weighted by atomic mass is 32.1. The summed E-state index contributed by atoms with van der Waals surface area (Å²) in [7, 11) is 0. The topological polar surface area (TPSA) is 75.1 Å². The Labute approximate surface area is 102 Å². The fraction of sp³-hybridized carbons (Fsp3) is 0.182. The van der Waals surface area contributed by atoms with Crippen LogP contribution in [0, 0.1) is 0 Å². The lowest BCUT2D eigenvalue weighted by Crippen LogP contribution is -2.10. The van der Waals surface area contributed by atoms with Gasteiger partial charge in [0.15, 0.2) is 5.69 Å². The summed E-state index contributed by atoms with van der Waals surface area (Å²) in [4.78, 5) is 19.8. The van der Waals surface area contributed by atoms with E-state index >= 15 is 0 Å². The van der Waals surface area contributed by atoms with Crippen molar-refractivity contribution in [1.82, 2.24) is 9.97 Å². The van der Waals surface area contributed by atoms with Crippen molar-refractivity contribution in [2.24, 2.45) is 0 Å². The van der Waals surface area contributed by atoms with Gasteiger partial charge in [0.1, 0.15) is 0 Å². The Bertz CT molecular complexity index is 513. The molecule has 0 aliphatic carbocycles. The molecular weight excluding hydrogens is 238 g/mol. The second-order valence-electron chi connectivity index (χ2n) is 3.45. The number of hydrogen-bond acceptors (Lipinski definition) is 5. The summed E-state index contributed by atoms with van der Waals surface area (Å²) in [6.07, 6.45) is 1.43. The van der Waals surface area contributed by atoms with E-state index in [2.05, 4.69) is 15.3 Å². The number of anilines is 1. The number of carboxylic acids is 1. The van der Waals surface area contributed by atoms with Gasteiger partial charge in [0.05, 0.1) is 6.04 Å². The van der Waals surface area contributed by atoms with Crippen LogP contribution in [-0.4, -0.2) is 21.0 Å². The lowest BCUT2D eigenvalue weighted by atomic mass is 10.3. The van der Waals surface area contributed by atoms with Crippen molar-refractivity contribution >= 4 is 23.3 Å². The van der Waals surface area contributed by atoms with Gasteiger partial charge < -0.3 is 10.4 Å². The Morgan fingerprint density at radius 2 is 2.35 bits per heavy atom. The summed E-state index contributed by atoms with van der Waals surface area (Å²) >= 11 is 1.63. The molecule has 0 aliphatic heterocycles. The molecule has 2 heterocycles. The van der Waals surface area contributed by atoms with Gasteiger partial charge in [0.25, 0.3) is 0 Å². The molecule has 0 radical (unpaired) electrons. The predicted octanol–water partition coefficient (Wildman–Crippen LogP) is 2.41. The first kappa shape index (κ1) is 11.5. The van der Waals surface area contributed by atoms with Crippen molar-refractivity contribution in [2.75, 3.05) is 5.32 Å². The quantitative estimate of drug-likeness (QED) is 0.870. The fourth-order valence-electron chi connectivity index (χ4n) is 1.35. The number of aromatic nitrogens is 2. The zero-order valence-corrected chi connectivity index (χ0v) is 9.94. The van der Waals surface area contributed by atoms with E-state index in [0.29, 0.717) is 5.95 Å². The zero-order valence-electron chi connectivity index (χ0n) is 9.12. The summed E-state index contributed by atoms with van der Waals surface area (Å²) in [6, 6.07) is 5.39. The number of carbonyl (C=O) groups is 1. The largest absolute Gasteiger partial charge is 0.477 e. The zero-order chi connectivity index (χ0) is 12.3. The molecule has 88 valence electrons. The molecule has 2 N–H and O–H groups in total. The van der Waals surface area contributed by atoms with Crippen LogP contribution in [0.4, 0.5) is 5.95 Å². The molecular formula is C11H11N3O2S. The first-order valence-corrected chi connectivity index (χ1v) is 5.91. The minimum atomic E-state index is -1.06. The van der Waals surface area contributed by atoms with Gasteiger partial charge >= 0.3 is 5.97 Å². The number of thiophene rings is 1. The number of hydrogen-bond donors (Lipinski definition) is 2. The van der Waals surface area contributed by atoms with Crippen LogP contribution >= 0.6 is 11.3 Å². The van der Waals surface area contributed by atoms with Crippen LogP contribution in [0.25, 0.3) is 0 Å². The van der Waals surface area contributed by atoms with Gasteiger partial charge in [-0.1, -0.05) is 6.07 Å². The second-order valence-corrected chi connectivity index (χ2v) is 4.43. The maximum Gasteiger partial charge on any atom is 0.354 e. The van der Waals surface area contributed by atoms with Gasteiger partial charge in [-0.2, -0.15) is 0 Å². The van der Waals surface area contributed by atoms with Crippen LogP contribution in [0.1, 0.15) is 28.3 Å². The molecule has 5 nitrogen and oxygen atoms in total. The van der Waals surface area contributed by atoms with Crippen LogP contribution in [-0.2, 0) is 0 Å². The average molecular weight is 249 g/mol. The molecule has 2 rings (SSSR count). The summed E-state index contributed by atoms with van der Waals surface area (Å²) in [5, 5.41) is 13.9. The predicted molar refractivity (Wildman–Crippen MR) is 65.3 cm³/mol. The molecule has 0 aliphatic rings. The minimum Gasteiger partial charge on any atom is -0.477 e. The molecule has 0 saturated heterocycles. The van der Waals surface area contributed by atoms with E-state index in [1.807, 2.05) is 24.4 Å². The molecule has 2 aromatic heterocycles. The third-order valence-electron chi connectivity index (χ3n) is 2.19. The highest BCUT2D eigenvalue weighted by Gasteiger charge is 2.10.